The molecule has 1 aromatic rings. The molecule has 20 heavy (non-hydrogen) atoms. The van der Waals surface area contributed by atoms with E-state index in [2.05, 4.69) is 10.3 Å². The van der Waals surface area contributed by atoms with E-state index in [4.69, 9.17) is 9.47 Å². The molecule has 2 bridgehead atoms. The van der Waals surface area contributed by atoms with Crippen molar-refractivity contribution in [2.75, 3.05) is 33.4 Å². The first-order valence-electron chi connectivity index (χ1n) is 6.92. The molecular weight excluding hydrogens is 258 g/mol. The highest BCUT2D eigenvalue weighted by atomic mass is 16.5. The summed E-state index contributed by atoms with van der Waals surface area (Å²) in [6, 6.07) is 5.48. The van der Waals surface area contributed by atoms with E-state index in [1.807, 2.05) is 4.90 Å². The number of ether oxygens (including phenoxy) is 2. The number of rotatable bonds is 2. The number of hydrogen-bond acceptors (Lipinski definition) is 5. The van der Waals surface area contributed by atoms with Crippen LogP contribution in [0, 0.1) is 0 Å². The first-order chi connectivity index (χ1) is 9.79. The number of aromatic nitrogens is 1. The highest BCUT2D eigenvalue weighted by molar-refractivity contribution is 5.93. The first kappa shape index (κ1) is 13.3. The van der Waals surface area contributed by atoms with Gasteiger partial charge in [0.15, 0.2) is 0 Å². The lowest BCUT2D eigenvalue weighted by atomic mass is 10.1. The van der Waals surface area contributed by atoms with E-state index in [0.29, 0.717) is 24.8 Å². The molecule has 6 heteroatoms. The second kappa shape index (κ2) is 5.76. The molecule has 0 aromatic carbocycles. The fourth-order valence-corrected chi connectivity index (χ4v) is 2.83. The summed E-state index contributed by atoms with van der Waals surface area (Å²) in [6.07, 6.45) is 0.909. The minimum Gasteiger partial charge on any atom is -0.481 e. The van der Waals surface area contributed by atoms with E-state index in [1.165, 1.54) is 0 Å². The number of pyridine rings is 1. The Bertz CT molecular complexity index is 480. The van der Waals surface area contributed by atoms with Crippen LogP contribution in [0.4, 0.5) is 0 Å². The highest BCUT2D eigenvalue weighted by Gasteiger charge is 2.37. The summed E-state index contributed by atoms with van der Waals surface area (Å²) in [7, 11) is 1.55. The molecule has 6 nitrogen and oxygen atoms in total. The lowest BCUT2D eigenvalue weighted by Crippen LogP contribution is -2.55. The molecule has 2 atom stereocenters. The summed E-state index contributed by atoms with van der Waals surface area (Å²) in [6.45, 7) is 2.87. The Kier molecular flexibility index (Phi) is 3.84. The Morgan fingerprint density at radius 1 is 1.45 bits per heavy atom. The summed E-state index contributed by atoms with van der Waals surface area (Å²) in [4.78, 5) is 18.9. The van der Waals surface area contributed by atoms with Crippen molar-refractivity contribution in [3.05, 3.63) is 23.9 Å². The van der Waals surface area contributed by atoms with Gasteiger partial charge < -0.3 is 19.7 Å². The Morgan fingerprint density at radius 2 is 2.30 bits per heavy atom. The van der Waals surface area contributed by atoms with Crippen LogP contribution in [0.5, 0.6) is 5.88 Å². The van der Waals surface area contributed by atoms with Crippen LogP contribution < -0.4 is 10.1 Å². The van der Waals surface area contributed by atoms with Crippen LogP contribution in [0.3, 0.4) is 0 Å². The van der Waals surface area contributed by atoms with Crippen molar-refractivity contribution in [2.24, 2.45) is 0 Å². The smallest absolute Gasteiger partial charge is 0.273 e. The molecule has 0 radical (unpaired) electrons. The molecule has 3 heterocycles. The number of carbonyl (C=O) groups excluding carboxylic acids is 1. The number of morpholine rings is 1. The van der Waals surface area contributed by atoms with Gasteiger partial charge in [-0.1, -0.05) is 6.07 Å². The van der Waals surface area contributed by atoms with Gasteiger partial charge in [-0.25, -0.2) is 4.98 Å². The number of amides is 1. The highest BCUT2D eigenvalue weighted by Crippen LogP contribution is 2.21. The lowest BCUT2D eigenvalue weighted by molar-refractivity contribution is -0.0300. The number of nitrogens with zero attached hydrogens (tertiary/aromatic N) is 2. The zero-order chi connectivity index (χ0) is 13.9. The predicted octanol–water partition coefficient (Wildman–Crippen LogP) is 0.293. The minimum atomic E-state index is -0.0362. The average molecular weight is 277 g/mol. The zero-order valence-corrected chi connectivity index (χ0v) is 11.5. The molecule has 2 saturated heterocycles. The summed E-state index contributed by atoms with van der Waals surface area (Å²) in [5.74, 6) is 0.427. The van der Waals surface area contributed by atoms with E-state index in [0.717, 1.165) is 19.5 Å². The van der Waals surface area contributed by atoms with E-state index in [-0.39, 0.29) is 18.0 Å². The number of methoxy groups -OCH3 is 1. The Morgan fingerprint density at radius 3 is 3.15 bits per heavy atom. The first-order valence-corrected chi connectivity index (χ1v) is 6.92. The van der Waals surface area contributed by atoms with Gasteiger partial charge in [0.25, 0.3) is 5.91 Å². The van der Waals surface area contributed by atoms with Crippen molar-refractivity contribution in [1.29, 1.82) is 0 Å². The topological polar surface area (TPSA) is 63.7 Å². The summed E-state index contributed by atoms with van der Waals surface area (Å²) >= 11 is 0. The van der Waals surface area contributed by atoms with Crippen LogP contribution in [0.15, 0.2) is 18.2 Å². The fourth-order valence-electron chi connectivity index (χ4n) is 2.83. The van der Waals surface area contributed by atoms with E-state index in [1.54, 1.807) is 25.3 Å². The van der Waals surface area contributed by atoms with Gasteiger partial charge in [0, 0.05) is 12.6 Å². The molecule has 108 valence electrons. The maximum absolute atomic E-state index is 12.8. The normalized spacial score (nSPS) is 25.9. The Balaban J connectivity index is 1.87. The molecule has 2 unspecified atom stereocenters. The minimum absolute atomic E-state index is 0.0362. The van der Waals surface area contributed by atoms with Crippen molar-refractivity contribution < 1.29 is 14.3 Å². The SMILES string of the molecule is COc1cccc(C(=O)N2C3CCNCC2COC3)n1. The van der Waals surface area contributed by atoms with Crippen LogP contribution in [-0.4, -0.2) is 61.3 Å². The molecule has 1 N–H and O–H groups in total. The lowest BCUT2D eigenvalue weighted by Gasteiger charge is -2.39. The maximum Gasteiger partial charge on any atom is 0.273 e. The van der Waals surface area contributed by atoms with Gasteiger partial charge in [0.05, 0.1) is 32.4 Å². The monoisotopic (exact) mass is 277 g/mol. The average Bonchev–Trinajstić information content (AvgIpc) is 2.62. The van der Waals surface area contributed by atoms with E-state index >= 15 is 0 Å². The molecule has 0 saturated carbocycles. The second-order valence-corrected chi connectivity index (χ2v) is 5.12. The number of carbonyl (C=O) groups is 1. The summed E-state index contributed by atoms with van der Waals surface area (Å²) < 4.78 is 10.7. The van der Waals surface area contributed by atoms with Gasteiger partial charge in [-0.2, -0.15) is 0 Å². The predicted molar refractivity (Wildman–Crippen MR) is 72.8 cm³/mol. The molecule has 2 fully saturated rings. The van der Waals surface area contributed by atoms with E-state index in [9.17, 15) is 4.79 Å². The molecule has 0 spiro atoms. The van der Waals surface area contributed by atoms with Gasteiger partial charge in [0.2, 0.25) is 5.88 Å². The molecule has 3 rings (SSSR count). The molecule has 2 aliphatic heterocycles. The largest absolute Gasteiger partial charge is 0.481 e. The van der Waals surface area contributed by atoms with Gasteiger partial charge in [0.1, 0.15) is 5.69 Å². The fraction of sp³-hybridized carbons (Fsp3) is 0.571. The van der Waals surface area contributed by atoms with Gasteiger partial charge in [-0.05, 0) is 19.0 Å². The Hall–Kier alpha value is -1.66. The number of hydrogen-bond donors (Lipinski definition) is 1. The second-order valence-electron chi connectivity index (χ2n) is 5.12. The molecule has 1 amide bonds. The van der Waals surface area contributed by atoms with Crippen LogP contribution in [0.2, 0.25) is 0 Å². The quantitative estimate of drug-likeness (QED) is 0.842. The third-order valence-electron chi connectivity index (χ3n) is 3.83. The van der Waals surface area contributed by atoms with Crippen LogP contribution in [0.25, 0.3) is 0 Å². The number of nitrogens with one attached hydrogen (secondary N) is 1. The van der Waals surface area contributed by atoms with Crippen molar-refractivity contribution in [2.45, 2.75) is 18.5 Å². The van der Waals surface area contributed by atoms with Gasteiger partial charge >= 0.3 is 0 Å². The standard InChI is InChI=1S/C14H19N3O3/c1-19-13-4-2-3-12(16-13)14(18)17-10-5-6-15-7-11(17)9-20-8-10/h2-4,10-11,15H,5-9H2,1H3. The maximum atomic E-state index is 12.8. The Labute approximate surface area is 118 Å². The molecular formula is C14H19N3O3. The van der Waals surface area contributed by atoms with Crippen LogP contribution >= 0.6 is 0 Å². The van der Waals surface area contributed by atoms with Crippen LogP contribution in [-0.2, 0) is 4.74 Å². The third-order valence-corrected chi connectivity index (χ3v) is 3.83. The van der Waals surface area contributed by atoms with E-state index < -0.39 is 0 Å². The van der Waals surface area contributed by atoms with Crippen molar-refractivity contribution in [1.82, 2.24) is 15.2 Å². The van der Waals surface area contributed by atoms with Crippen molar-refractivity contribution in [3.63, 3.8) is 0 Å². The number of fused-ring (bicyclic) bond motifs is 2. The van der Waals surface area contributed by atoms with Gasteiger partial charge in [-0.15, -0.1) is 0 Å². The summed E-state index contributed by atoms with van der Waals surface area (Å²) in [5.41, 5.74) is 0.433. The molecule has 0 aliphatic carbocycles. The third kappa shape index (κ3) is 2.48. The summed E-state index contributed by atoms with van der Waals surface area (Å²) in [5, 5.41) is 3.36. The zero-order valence-electron chi connectivity index (χ0n) is 11.5. The van der Waals surface area contributed by atoms with Gasteiger partial charge in [-0.3, -0.25) is 4.79 Å². The molecule has 2 aliphatic rings. The molecule has 1 aromatic heterocycles. The van der Waals surface area contributed by atoms with Crippen molar-refractivity contribution in [3.8, 4) is 5.88 Å². The van der Waals surface area contributed by atoms with Crippen molar-refractivity contribution >= 4 is 5.91 Å². The van der Waals surface area contributed by atoms with Crippen LogP contribution in [0.1, 0.15) is 16.9 Å².